The molecule has 130 valence electrons. The van der Waals surface area contributed by atoms with Gasteiger partial charge in [0.05, 0.1) is 6.07 Å². The Morgan fingerprint density at radius 1 is 1.57 bits per heavy atom. The molecule has 0 rings (SSSR count). The monoisotopic (exact) mass is 330 g/mol. The molecule has 0 heterocycles. The average molecular weight is 330 g/mol. The first-order valence-corrected chi connectivity index (χ1v) is 6.84. The van der Waals surface area contributed by atoms with Crippen molar-refractivity contribution in [3.8, 4) is 6.07 Å². The third kappa shape index (κ3) is 5.95. The van der Waals surface area contributed by atoms with Gasteiger partial charge in [-0.3, -0.25) is 5.41 Å². The lowest BCUT2D eigenvalue weighted by Gasteiger charge is -2.34. The van der Waals surface area contributed by atoms with Crippen LogP contribution in [0.5, 0.6) is 0 Å². The van der Waals surface area contributed by atoms with Crippen LogP contribution in [0.4, 0.5) is 4.79 Å². The quantitative estimate of drug-likeness (QED) is 0.216. The van der Waals surface area contributed by atoms with Gasteiger partial charge in [-0.05, 0) is 27.2 Å². The normalized spacial score (nSPS) is 13.4. The summed E-state index contributed by atoms with van der Waals surface area (Å²) in [5.74, 6) is -1.06. The molecule has 0 aromatic heterocycles. The minimum absolute atomic E-state index is 0.0467. The highest BCUT2D eigenvalue weighted by Gasteiger charge is 2.43. The highest BCUT2D eigenvalue weighted by molar-refractivity contribution is 5.77. The fourth-order valence-electron chi connectivity index (χ4n) is 1.74. The van der Waals surface area contributed by atoms with Crippen LogP contribution in [0.1, 0.15) is 40.5 Å². The van der Waals surface area contributed by atoms with Crippen molar-refractivity contribution in [3.05, 3.63) is 10.1 Å². The number of nitriles is 1. The maximum absolute atomic E-state index is 12.3. The van der Waals surface area contributed by atoms with Crippen molar-refractivity contribution in [2.24, 2.45) is 5.73 Å². The van der Waals surface area contributed by atoms with Crippen molar-refractivity contribution in [1.29, 1.82) is 10.7 Å². The zero-order valence-corrected chi connectivity index (χ0v) is 13.5. The number of guanidine groups is 1. The lowest BCUT2D eigenvalue weighted by Crippen LogP contribution is -2.62. The summed E-state index contributed by atoms with van der Waals surface area (Å²) >= 11 is 0. The van der Waals surface area contributed by atoms with E-state index in [0.29, 0.717) is 11.4 Å². The van der Waals surface area contributed by atoms with Gasteiger partial charge in [-0.25, -0.2) is 14.9 Å². The van der Waals surface area contributed by atoms with E-state index >= 15 is 0 Å². The molecule has 0 aromatic carbocycles. The number of carbonyl (C=O) groups is 1. The maximum Gasteiger partial charge on any atom is 0.434 e. The highest BCUT2D eigenvalue weighted by atomic mass is 16.7. The summed E-state index contributed by atoms with van der Waals surface area (Å²) in [6, 6.07) is 0.229. The van der Waals surface area contributed by atoms with Crippen LogP contribution in [-0.2, 0) is 4.74 Å². The Morgan fingerprint density at radius 3 is 2.39 bits per heavy atom. The zero-order chi connectivity index (χ0) is 18.4. The van der Waals surface area contributed by atoms with Crippen LogP contribution in [0.2, 0.25) is 0 Å². The summed E-state index contributed by atoms with van der Waals surface area (Å²) in [6.07, 6.45) is -2.45. The number of nitrogens with one attached hydrogen (secondary N) is 1. The molecule has 11 nitrogen and oxygen atoms in total. The molecule has 0 spiro atoms. The first-order valence-electron chi connectivity index (χ1n) is 6.84. The van der Waals surface area contributed by atoms with E-state index in [9.17, 15) is 20.0 Å². The van der Waals surface area contributed by atoms with Crippen LogP contribution in [0.15, 0.2) is 0 Å². The number of nitro groups is 1. The van der Waals surface area contributed by atoms with E-state index in [1.807, 2.05) is 0 Å². The molecular formula is C12H22N6O5. The molecule has 0 saturated heterocycles. The Labute approximate surface area is 133 Å². The minimum atomic E-state index is -1.72. The van der Waals surface area contributed by atoms with Crippen molar-refractivity contribution >= 4 is 12.1 Å². The molecule has 11 heteroatoms. The molecular weight excluding hydrogens is 308 g/mol. The molecule has 0 fully saturated rings. The summed E-state index contributed by atoms with van der Waals surface area (Å²) in [7, 11) is 0. The SMILES string of the molecule is CCC[C@@H](C(O)C#N)N(C(=O)OC(C)(C)C)N(C(=N)N)[N+](=O)[O-]. The predicted molar refractivity (Wildman–Crippen MR) is 79.1 cm³/mol. The maximum atomic E-state index is 12.3. The number of hydrogen-bond donors (Lipinski definition) is 3. The van der Waals surface area contributed by atoms with Gasteiger partial charge in [0.1, 0.15) is 11.6 Å². The van der Waals surface area contributed by atoms with E-state index in [2.05, 4.69) is 0 Å². The van der Waals surface area contributed by atoms with Crippen LogP contribution in [0, 0.1) is 26.9 Å². The fourth-order valence-corrected chi connectivity index (χ4v) is 1.74. The van der Waals surface area contributed by atoms with Crippen LogP contribution >= 0.6 is 0 Å². The first-order chi connectivity index (χ1) is 10.5. The largest absolute Gasteiger partial charge is 0.442 e. The van der Waals surface area contributed by atoms with Crippen molar-refractivity contribution in [3.63, 3.8) is 0 Å². The number of hydrogen-bond acceptors (Lipinski definition) is 7. The Kier molecular flexibility index (Phi) is 7.21. The zero-order valence-electron chi connectivity index (χ0n) is 13.5. The second-order valence-electron chi connectivity index (χ2n) is 5.67. The number of nitrogens with zero attached hydrogens (tertiary/aromatic N) is 4. The van der Waals surface area contributed by atoms with Gasteiger partial charge in [0.25, 0.3) is 5.96 Å². The number of carbonyl (C=O) groups excluding carboxylic acids is 1. The molecule has 0 radical (unpaired) electrons. The lowest BCUT2D eigenvalue weighted by atomic mass is 10.1. The smallest absolute Gasteiger partial charge is 0.434 e. The number of ether oxygens (including phenoxy) is 1. The Morgan fingerprint density at radius 2 is 2.09 bits per heavy atom. The van der Waals surface area contributed by atoms with Crippen LogP contribution < -0.4 is 5.73 Å². The summed E-state index contributed by atoms with van der Waals surface area (Å²) in [6.45, 7) is 6.34. The van der Waals surface area contributed by atoms with Crippen LogP contribution in [-0.4, -0.2) is 50.1 Å². The topological polar surface area (TPSA) is 170 Å². The molecule has 23 heavy (non-hydrogen) atoms. The fraction of sp³-hybridized carbons (Fsp3) is 0.750. The van der Waals surface area contributed by atoms with E-state index in [0.717, 1.165) is 0 Å². The van der Waals surface area contributed by atoms with Gasteiger partial charge >= 0.3 is 6.09 Å². The van der Waals surface area contributed by atoms with Gasteiger partial charge in [0, 0.05) is 5.12 Å². The predicted octanol–water partition coefficient (Wildman–Crippen LogP) is 0.579. The second-order valence-corrected chi connectivity index (χ2v) is 5.67. The second kappa shape index (κ2) is 8.14. The number of aliphatic hydroxyl groups excluding tert-OH is 1. The number of aliphatic hydroxyl groups is 1. The molecule has 0 aromatic rings. The van der Waals surface area contributed by atoms with Crippen molar-refractivity contribution in [1.82, 2.24) is 10.1 Å². The average Bonchev–Trinajstić information content (AvgIpc) is 2.38. The number of rotatable bonds is 5. The molecule has 1 amide bonds. The minimum Gasteiger partial charge on any atom is -0.442 e. The molecule has 0 aliphatic heterocycles. The number of hydrazine groups is 2. The summed E-state index contributed by atoms with van der Waals surface area (Å²) in [5.41, 5.74) is 4.19. The van der Waals surface area contributed by atoms with Gasteiger partial charge in [-0.15, -0.1) is 0 Å². The van der Waals surface area contributed by atoms with Gasteiger partial charge < -0.3 is 15.6 Å². The third-order valence-electron chi connectivity index (χ3n) is 2.55. The summed E-state index contributed by atoms with van der Waals surface area (Å²) in [4.78, 5) is 23.5. The molecule has 2 atom stereocenters. The van der Waals surface area contributed by atoms with Gasteiger partial charge in [-0.1, -0.05) is 13.3 Å². The standard InChI is InChI=1S/C12H22N6O5/c1-5-6-8(9(19)7-13)16(11(20)23-12(2,3)4)17(10(14)15)18(21)22/h8-9,19H,5-6H2,1-4H3,(H3,14,15)/t8-,9?/m0/s1. The Balaban J connectivity index is 5.94. The first kappa shape index (κ1) is 20.4. The van der Waals surface area contributed by atoms with Gasteiger partial charge in [0.2, 0.25) is 0 Å². The lowest BCUT2D eigenvalue weighted by molar-refractivity contribution is -0.669. The molecule has 0 saturated carbocycles. The number of amides is 1. The highest BCUT2D eigenvalue weighted by Crippen LogP contribution is 2.19. The molecule has 0 aliphatic rings. The third-order valence-corrected chi connectivity index (χ3v) is 2.55. The molecule has 1 unspecified atom stereocenters. The number of nitrogens with two attached hydrogens (primary N) is 1. The molecule has 0 aliphatic carbocycles. The van der Waals surface area contributed by atoms with E-state index in [-0.39, 0.29) is 11.5 Å². The van der Waals surface area contributed by atoms with Crippen molar-refractivity contribution < 1.29 is 19.7 Å². The van der Waals surface area contributed by atoms with Crippen LogP contribution in [0.3, 0.4) is 0 Å². The summed E-state index contributed by atoms with van der Waals surface area (Å²) in [5, 5.41) is 36.4. The van der Waals surface area contributed by atoms with Crippen molar-refractivity contribution in [2.45, 2.75) is 58.3 Å². The Bertz CT molecular complexity index is 483. The van der Waals surface area contributed by atoms with E-state index in [1.54, 1.807) is 27.7 Å². The summed E-state index contributed by atoms with van der Waals surface area (Å²) < 4.78 is 5.07. The van der Waals surface area contributed by atoms with Gasteiger partial charge in [0.15, 0.2) is 11.1 Å². The van der Waals surface area contributed by atoms with Gasteiger partial charge in [-0.2, -0.15) is 10.3 Å². The van der Waals surface area contributed by atoms with Crippen molar-refractivity contribution in [2.75, 3.05) is 0 Å². The van der Waals surface area contributed by atoms with E-state index in [4.69, 9.17) is 21.1 Å². The molecule has 4 N–H and O–H groups in total. The van der Waals surface area contributed by atoms with Crippen LogP contribution in [0.25, 0.3) is 0 Å². The van der Waals surface area contributed by atoms with E-state index in [1.165, 1.54) is 6.07 Å². The molecule has 0 bridgehead atoms. The Hall–Kier alpha value is -2.61. The van der Waals surface area contributed by atoms with E-state index < -0.39 is 34.8 Å².